The fourth-order valence-electron chi connectivity index (χ4n) is 3.59. The number of rotatable bonds is 8. The van der Waals surface area contributed by atoms with Crippen LogP contribution in [0.2, 0.25) is 0 Å². The normalized spacial score (nSPS) is 18.8. The summed E-state index contributed by atoms with van der Waals surface area (Å²) in [5.74, 6) is 0.700. The van der Waals surface area contributed by atoms with E-state index in [1.807, 2.05) is 30.3 Å². The second kappa shape index (κ2) is 9.99. The van der Waals surface area contributed by atoms with Crippen LogP contribution in [0.5, 0.6) is 5.75 Å². The van der Waals surface area contributed by atoms with Crippen molar-refractivity contribution in [1.82, 2.24) is 0 Å². The number of ether oxygens (including phenoxy) is 1. The van der Waals surface area contributed by atoms with Gasteiger partial charge in [-0.05, 0) is 24.6 Å². The van der Waals surface area contributed by atoms with Crippen LogP contribution in [0, 0.1) is 17.0 Å². The van der Waals surface area contributed by atoms with Gasteiger partial charge in [-0.2, -0.15) is 0 Å². The Morgan fingerprint density at radius 2 is 1.76 bits per heavy atom. The number of para-hydroxylation sites is 2. The maximum Gasteiger partial charge on any atom is 0.293 e. The summed E-state index contributed by atoms with van der Waals surface area (Å²) in [6.45, 7) is 7.43. The zero-order valence-electron chi connectivity index (χ0n) is 16.6. The van der Waals surface area contributed by atoms with Crippen LogP contribution in [0.1, 0.15) is 5.56 Å². The van der Waals surface area contributed by atoms with Crippen LogP contribution in [-0.2, 0) is 4.79 Å². The van der Waals surface area contributed by atoms with Gasteiger partial charge in [0.15, 0.2) is 6.54 Å². The van der Waals surface area contributed by atoms with Crippen LogP contribution in [0.25, 0.3) is 0 Å². The molecule has 29 heavy (non-hydrogen) atoms. The Morgan fingerprint density at radius 3 is 2.45 bits per heavy atom. The van der Waals surface area contributed by atoms with Crippen LogP contribution in [0.4, 0.5) is 11.4 Å². The smallest absolute Gasteiger partial charge is 0.293 e. The van der Waals surface area contributed by atoms with Crippen LogP contribution >= 0.6 is 0 Å². The van der Waals surface area contributed by atoms with Gasteiger partial charge in [0, 0.05) is 6.07 Å². The fourth-order valence-corrected chi connectivity index (χ4v) is 3.59. The van der Waals surface area contributed by atoms with Crippen molar-refractivity contribution in [2.45, 2.75) is 6.92 Å². The number of hydrogen-bond acceptors (Lipinski definition) is 4. The second-order valence-electron chi connectivity index (χ2n) is 7.36. The van der Waals surface area contributed by atoms with Gasteiger partial charge in [0.05, 0.1) is 4.92 Å². The third kappa shape index (κ3) is 6.00. The molecule has 0 aromatic heterocycles. The number of amides is 1. The monoisotopic (exact) mass is 400 g/mol. The van der Waals surface area contributed by atoms with E-state index in [1.54, 1.807) is 19.1 Å². The maximum atomic E-state index is 12.4. The molecule has 1 amide bonds. The molecule has 0 unspecified atom stereocenters. The Balaban J connectivity index is 1.41. The molecule has 0 atom stereocenters. The van der Waals surface area contributed by atoms with Gasteiger partial charge in [-0.3, -0.25) is 14.9 Å². The molecular weight excluding hydrogens is 372 g/mol. The molecule has 0 bridgehead atoms. The van der Waals surface area contributed by atoms with Crippen LogP contribution < -0.4 is 19.9 Å². The summed E-state index contributed by atoms with van der Waals surface area (Å²) in [4.78, 5) is 25.8. The van der Waals surface area contributed by atoms with E-state index >= 15 is 0 Å². The lowest BCUT2D eigenvalue weighted by atomic mass is 10.1. The number of quaternary nitrogens is 2. The van der Waals surface area contributed by atoms with Crippen LogP contribution in [0.15, 0.2) is 48.5 Å². The van der Waals surface area contributed by atoms with Gasteiger partial charge in [-0.1, -0.05) is 30.3 Å². The van der Waals surface area contributed by atoms with Crippen molar-refractivity contribution in [3.8, 4) is 5.75 Å². The van der Waals surface area contributed by atoms with Crippen molar-refractivity contribution in [2.24, 2.45) is 0 Å². The lowest BCUT2D eigenvalue weighted by molar-refractivity contribution is -1.01. The first-order valence-corrected chi connectivity index (χ1v) is 9.92. The van der Waals surface area contributed by atoms with E-state index in [4.69, 9.17) is 4.74 Å². The minimum Gasteiger partial charge on any atom is -0.488 e. The van der Waals surface area contributed by atoms with E-state index in [-0.39, 0.29) is 11.6 Å². The van der Waals surface area contributed by atoms with E-state index in [9.17, 15) is 14.9 Å². The molecular formula is C21H28N4O4+2. The first-order valence-electron chi connectivity index (χ1n) is 9.92. The van der Waals surface area contributed by atoms with Crippen molar-refractivity contribution in [3.05, 3.63) is 64.2 Å². The topological polar surface area (TPSA) is 90.4 Å². The fraction of sp³-hybridized carbons (Fsp3) is 0.381. The molecule has 1 heterocycles. The van der Waals surface area contributed by atoms with Gasteiger partial charge >= 0.3 is 0 Å². The summed E-state index contributed by atoms with van der Waals surface area (Å²) < 4.78 is 5.76. The number of nitro benzene ring substituents is 1. The largest absolute Gasteiger partial charge is 0.488 e. The quantitative estimate of drug-likeness (QED) is 0.419. The van der Waals surface area contributed by atoms with Crippen LogP contribution in [0.3, 0.4) is 0 Å². The average Bonchev–Trinajstić information content (AvgIpc) is 2.71. The second-order valence-corrected chi connectivity index (χ2v) is 7.36. The number of anilines is 1. The van der Waals surface area contributed by atoms with Crippen molar-refractivity contribution in [2.75, 3.05) is 51.2 Å². The van der Waals surface area contributed by atoms with Crippen molar-refractivity contribution in [1.29, 1.82) is 0 Å². The van der Waals surface area contributed by atoms with Gasteiger partial charge < -0.3 is 19.9 Å². The molecule has 2 aromatic carbocycles. The Hall–Kier alpha value is -2.97. The molecule has 1 fully saturated rings. The molecule has 0 spiro atoms. The highest BCUT2D eigenvalue weighted by Crippen LogP contribution is 2.27. The third-order valence-corrected chi connectivity index (χ3v) is 5.25. The Morgan fingerprint density at radius 1 is 1.07 bits per heavy atom. The summed E-state index contributed by atoms with van der Waals surface area (Å²) in [7, 11) is 0. The van der Waals surface area contributed by atoms with E-state index in [0.717, 1.165) is 38.5 Å². The Kier molecular flexibility index (Phi) is 7.15. The first kappa shape index (κ1) is 20.8. The standard InChI is InChI=1S/C21H26N4O4/c1-17-6-5-9-19(25(27)28)21(17)22-20(26)16-24-12-10-23(11-13-24)14-15-29-18-7-3-2-4-8-18/h2-9H,10-16H2,1H3,(H,22,26)/p+2. The van der Waals surface area contributed by atoms with E-state index < -0.39 is 4.92 Å². The summed E-state index contributed by atoms with van der Waals surface area (Å²) in [6, 6.07) is 14.6. The molecule has 8 heteroatoms. The summed E-state index contributed by atoms with van der Waals surface area (Å²) in [6.07, 6.45) is 0. The van der Waals surface area contributed by atoms with Gasteiger partial charge in [0.1, 0.15) is 50.8 Å². The molecule has 2 aromatic rings. The number of aryl methyl sites for hydroxylation is 1. The number of hydrogen-bond donors (Lipinski definition) is 3. The molecule has 0 saturated carbocycles. The number of carbonyl (C=O) groups excluding carboxylic acids is 1. The van der Waals surface area contributed by atoms with E-state index in [2.05, 4.69) is 5.32 Å². The Bertz CT molecular complexity index is 836. The average molecular weight is 400 g/mol. The molecule has 154 valence electrons. The maximum absolute atomic E-state index is 12.4. The number of nitrogens with zero attached hydrogens (tertiary/aromatic N) is 1. The number of nitrogens with one attached hydrogen (secondary N) is 3. The highest BCUT2D eigenvalue weighted by atomic mass is 16.6. The SMILES string of the molecule is Cc1cccc([N+](=O)[O-])c1NC(=O)C[NH+]1CC[NH+](CCOc2ccccc2)CC1. The predicted molar refractivity (Wildman–Crippen MR) is 110 cm³/mol. The molecule has 1 aliphatic rings. The van der Waals surface area contributed by atoms with Crippen molar-refractivity contribution < 1.29 is 24.3 Å². The van der Waals surface area contributed by atoms with Gasteiger partial charge in [0.25, 0.3) is 11.6 Å². The molecule has 8 nitrogen and oxygen atoms in total. The minimum absolute atomic E-state index is 0.0685. The Labute approximate surface area is 170 Å². The summed E-state index contributed by atoms with van der Waals surface area (Å²) >= 11 is 0. The highest BCUT2D eigenvalue weighted by Gasteiger charge is 2.26. The van der Waals surface area contributed by atoms with Crippen molar-refractivity contribution >= 4 is 17.3 Å². The number of carbonyl (C=O) groups is 1. The van der Waals surface area contributed by atoms with Gasteiger partial charge in [0.2, 0.25) is 0 Å². The minimum atomic E-state index is -0.463. The van der Waals surface area contributed by atoms with Gasteiger partial charge in [-0.25, -0.2) is 0 Å². The number of piperazine rings is 1. The van der Waals surface area contributed by atoms with E-state index in [1.165, 1.54) is 15.9 Å². The third-order valence-electron chi connectivity index (χ3n) is 5.25. The lowest BCUT2D eigenvalue weighted by Gasteiger charge is -2.29. The zero-order chi connectivity index (χ0) is 20.6. The van der Waals surface area contributed by atoms with Crippen molar-refractivity contribution in [3.63, 3.8) is 0 Å². The molecule has 3 rings (SSSR count). The van der Waals surface area contributed by atoms with Gasteiger partial charge in [-0.15, -0.1) is 0 Å². The molecule has 0 aliphatic carbocycles. The number of nitro groups is 1. The number of benzene rings is 2. The molecule has 3 N–H and O–H groups in total. The van der Waals surface area contributed by atoms with Crippen LogP contribution in [-0.4, -0.2) is 56.7 Å². The lowest BCUT2D eigenvalue weighted by Crippen LogP contribution is -3.28. The zero-order valence-corrected chi connectivity index (χ0v) is 16.6. The molecule has 0 radical (unpaired) electrons. The van der Waals surface area contributed by atoms with E-state index in [0.29, 0.717) is 24.4 Å². The summed E-state index contributed by atoms with van der Waals surface area (Å²) in [5.41, 5.74) is 0.917. The molecule has 1 aliphatic heterocycles. The summed E-state index contributed by atoms with van der Waals surface area (Å²) in [5, 5.41) is 13.9. The first-order chi connectivity index (χ1) is 14.0. The predicted octanol–water partition coefficient (Wildman–Crippen LogP) is -0.296. The molecule has 1 saturated heterocycles. The highest BCUT2D eigenvalue weighted by molar-refractivity contribution is 5.94.